The molecule has 4 aromatic rings. The monoisotopic (exact) mass is 446 g/mol. The van der Waals surface area contributed by atoms with Crippen molar-refractivity contribution >= 4 is 28.5 Å². The minimum Gasteiger partial charge on any atom is -0.348 e. The number of nitrogens with zero attached hydrogens (tertiary/aromatic N) is 3. The molecule has 0 unspecified atom stereocenters. The first-order valence-corrected chi connectivity index (χ1v) is 11.0. The molecule has 0 radical (unpaired) electrons. The number of aromatic amines is 1. The molecule has 1 aromatic carbocycles. The second-order valence-corrected chi connectivity index (χ2v) is 8.65. The summed E-state index contributed by atoms with van der Waals surface area (Å²) in [6.45, 7) is 3.52. The highest BCUT2D eigenvalue weighted by molar-refractivity contribution is 6.30. The molecule has 7 nitrogen and oxygen atoms in total. The van der Waals surface area contributed by atoms with Gasteiger partial charge in [-0.25, -0.2) is 4.98 Å². The lowest BCUT2D eigenvalue weighted by Gasteiger charge is -2.20. The first-order valence-electron chi connectivity index (χ1n) is 10.6. The van der Waals surface area contributed by atoms with Crippen molar-refractivity contribution in [1.29, 1.82) is 0 Å². The van der Waals surface area contributed by atoms with Crippen molar-refractivity contribution < 1.29 is 4.79 Å². The van der Waals surface area contributed by atoms with Crippen molar-refractivity contribution in [2.75, 3.05) is 13.1 Å². The van der Waals surface area contributed by atoms with Crippen LogP contribution in [0.2, 0.25) is 5.02 Å². The highest BCUT2D eigenvalue weighted by Crippen LogP contribution is 2.26. The number of H-pyrrole nitrogens is 1. The molecule has 0 saturated carbocycles. The highest BCUT2D eigenvalue weighted by Gasteiger charge is 2.29. The molecule has 2 atom stereocenters. The van der Waals surface area contributed by atoms with Crippen molar-refractivity contribution in [3.63, 3.8) is 0 Å². The Hall–Kier alpha value is -3.29. The zero-order valence-corrected chi connectivity index (χ0v) is 18.4. The third-order valence-corrected chi connectivity index (χ3v) is 6.14. The summed E-state index contributed by atoms with van der Waals surface area (Å²) in [6, 6.07) is 13.7. The van der Waals surface area contributed by atoms with E-state index in [0.717, 1.165) is 46.9 Å². The third kappa shape index (κ3) is 4.22. The maximum absolute atomic E-state index is 13.1. The predicted molar refractivity (Wildman–Crippen MR) is 125 cm³/mol. The molecule has 8 heteroatoms. The zero-order valence-electron chi connectivity index (χ0n) is 17.6. The quantitative estimate of drug-likeness (QED) is 0.435. The zero-order chi connectivity index (χ0) is 22.1. The van der Waals surface area contributed by atoms with Crippen molar-refractivity contribution in [3.05, 3.63) is 76.7 Å². The summed E-state index contributed by atoms with van der Waals surface area (Å²) in [5, 5.41) is 15.4. The topological polar surface area (TPSA) is 95.6 Å². The summed E-state index contributed by atoms with van der Waals surface area (Å²) in [5.41, 5.74) is 4.96. The van der Waals surface area contributed by atoms with E-state index in [1.807, 2.05) is 43.3 Å². The van der Waals surface area contributed by atoms with Gasteiger partial charge in [-0.2, -0.15) is 5.10 Å². The lowest BCUT2D eigenvalue weighted by Crippen LogP contribution is -2.41. The minimum atomic E-state index is -0.137. The molecule has 1 aliphatic rings. The van der Waals surface area contributed by atoms with Crippen LogP contribution in [0.4, 0.5) is 0 Å². The van der Waals surface area contributed by atoms with E-state index in [0.29, 0.717) is 17.1 Å². The summed E-state index contributed by atoms with van der Waals surface area (Å²) >= 11 is 6.13. The smallest absolute Gasteiger partial charge is 0.253 e. The van der Waals surface area contributed by atoms with E-state index in [4.69, 9.17) is 11.6 Å². The van der Waals surface area contributed by atoms with E-state index in [1.165, 1.54) is 5.56 Å². The van der Waals surface area contributed by atoms with Gasteiger partial charge in [-0.05, 0) is 55.2 Å². The lowest BCUT2D eigenvalue weighted by molar-refractivity contribution is 0.0931. The average molecular weight is 447 g/mol. The molecule has 4 heterocycles. The van der Waals surface area contributed by atoms with Gasteiger partial charge in [-0.1, -0.05) is 23.7 Å². The van der Waals surface area contributed by atoms with Crippen LogP contribution in [-0.4, -0.2) is 45.2 Å². The van der Waals surface area contributed by atoms with Gasteiger partial charge in [0.1, 0.15) is 0 Å². The Bertz CT molecular complexity index is 1290. The van der Waals surface area contributed by atoms with Gasteiger partial charge < -0.3 is 10.6 Å². The molecule has 3 aromatic heterocycles. The van der Waals surface area contributed by atoms with Crippen LogP contribution in [0, 0.1) is 12.8 Å². The maximum atomic E-state index is 13.1. The largest absolute Gasteiger partial charge is 0.348 e. The number of amides is 1. The Morgan fingerprint density at radius 3 is 2.94 bits per heavy atom. The molecule has 32 heavy (non-hydrogen) atoms. The van der Waals surface area contributed by atoms with Gasteiger partial charge in [0.15, 0.2) is 5.65 Å². The van der Waals surface area contributed by atoms with Crippen molar-refractivity contribution in [2.24, 2.45) is 5.92 Å². The number of hydrogen-bond donors (Lipinski definition) is 3. The van der Waals surface area contributed by atoms with E-state index in [1.54, 1.807) is 12.4 Å². The van der Waals surface area contributed by atoms with Gasteiger partial charge >= 0.3 is 0 Å². The van der Waals surface area contributed by atoms with Crippen LogP contribution in [0.1, 0.15) is 21.6 Å². The predicted octanol–water partition coefficient (Wildman–Crippen LogP) is 3.54. The summed E-state index contributed by atoms with van der Waals surface area (Å²) in [7, 11) is 0. The summed E-state index contributed by atoms with van der Waals surface area (Å²) < 4.78 is 0. The Morgan fingerprint density at radius 1 is 1.19 bits per heavy atom. The number of pyridine rings is 2. The van der Waals surface area contributed by atoms with Gasteiger partial charge in [-0.15, -0.1) is 0 Å². The molecule has 1 saturated heterocycles. The number of rotatable bonds is 5. The number of carbonyl (C=O) groups is 1. The van der Waals surface area contributed by atoms with Crippen molar-refractivity contribution in [1.82, 2.24) is 30.8 Å². The van der Waals surface area contributed by atoms with Crippen LogP contribution in [-0.2, 0) is 6.42 Å². The van der Waals surface area contributed by atoms with Crippen molar-refractivity contribution in [3.8, 4) is 11.3 Å². The number of halogens is 1. The number of benzene rings is 1. The van der Waals surface area contributed by atoms with Gasteiger partial charge in [0.25, 0.3) is 5.91 Å². The molecule has 1 fully saturated rings. The fourth-order valence-corrected chi connectivity index (χ4v) is 4.49. The van der Waals surface area contributed by atoms with E-state index in [-0.39, 0.29) is 11.9 Å². The summed E-state index contributed by atoms with van der Waals surface area (Å²) in [6.07, 6.45) is 4.19. The van der Waals surface area contributed by atoms with Crippen LogP contribution < -0.4 is 10.6 Å². The number of fused-ring (bicyclic) bond motifs is 1. The number of aryl methyl sites for hydroxylation is 1. The van der Waals surface area contributed by atoms with Gasteiger partial charge in [-0.3, -0.25) is 14.9 Å². The number of nitrogens with one attached hydrogen (secondary N) is 3. The van der Waals surface area contributed by atoms with Crippen LogP contribution in [0.3, 0.4) is 0 Å². The first kappa shape index (κ1) is 20.6. The molecule has 1 amide bonds. The summed E-state index contributed by atoms with van der Waals surface area (Å²) in [5.74, 6) is 0.153. The van der Waals surface area contributed by atoms with Crippen LogP contribution in [0.15, 0.2) is 54.9 Å². The normalized spacial score (nSPS) is 18.2. The van der Waals surface area contributed by atoms with Crippen molar-refractivity contribution in [2.45, 2.75) is 19.4 Å². The molecule has 0 aliphatic carbocycles. The van der Waals surface area contributed by atoms with Gasteiger partial charge in [0.05, 0.1) is 11.3 Å². The molecular formula is C24H23ClN6O. The molecule has 3 N–H and O–H groups in total. The number of carbonyl (C=O) groups excluding carboxylic acids is 1. The number of aromatic nitrogens is 4. The molecular weight excluding hydrogens is 424 g/mol. The second-order valence-electron chi connectivity index (χ2n) is 8.21. The van der Waals surface area contributed by atoms with E-state index >= 15 is 0 Å². The Balaban J connectivity index is 1.36. The Kier molecular flexibility index (Phi) is 5.59. The fraction of sp³-hybridized carbons (Fsp3) is 0.250. The van der Waals surface area contributed by atoms with E-state index < -0.39 is 0 Å². The van der Waals surface area contributed by atoms with Gasteiger partial charge in [0, 0.05) is 53.2 Å². The standard InChI is InChI=1S/C24H23ClN6O/c1-14-7-16(5-6-27-14)22-20-10-18(12-28-23(20)31-30-22)24(32)29-21-13-26-11-17(21)8-15-3-2-4-19(25)9-15/h2-7,9-10,12,17,21,26H,8,11,13H2,1H3,(H,29,32)(H,28,30,31)/t17-,21-/m0/s1. The van der Waals surface area contributed by atoms with Crippen LogP contribution >= 0.6 is 11.6 Å². The molecule has 1 aliphatic heterocycles. The molecule has 0 bridgehead atoms. The Morgan fingerprint density at radius 2 is 2.09 bits per heavy atom. The second kappa shape index (κ2) is 8.68. The van der Waals surface area contributed by atoms with Crippen LogP contribution in [0.5, 0.6) is 0 Å². The first-order chi connectivity index (χ1) is 15.6. The maximum Gasteiger partial charge on any atom is 0.253 e. The summed E-state index contributed by atoms with van der Waals surface area (Å²) in [4.78, 5) is 21.7. The van der Waals surface area contributed by atoms with Gasteiger partial charge in [0.2, 0.25) is 0 Å². The molecule has 162 valence electrons. The lowest BCUT2D eigenvalue weighted by atomic mass is 9.94. The molecule has 0 spiro atoms. The highest BCUT2D eigenvalue weighted by atomic mass is 35.5. The third-order valence-electron chi connectivity index (χ3n) is 5.90. The molecule has 5 rings (SSSR count). The van der Waals surface area contributed by atoms with E-state index in [9.17, 15) is 4.79 Å². The minimum absolute atomic E-state index is 0.0313. The number of hydrogen-bond acceptors (Lipinski definition) is 5. The van der Waals surface area contributed by atoms with Crippen LogP contribution in [0.25, 0.3) is 22.3 Å². The fourth-order valence-electron chi connectivity index (χ4n) is 4.28. The average Bonchev–Trinajstić information content (AvgIpc) is 3.40. The van der Waals surface area contributed by atoms with E-state index in [2.05, 4.69) is 36.9 Å². The SMILES string of the molecule is Cc1cc(-c2[nH]nc3ncc(C(=O)N[C@H]4CNC[C@@H]4Cc4cccc(Cl)c4)cc23)ccn1. The Labute approximate surface area is 190 Å².